The molecule has 0 saturated carbocycles. The highest BCUT2D eigenvalue weighted by molar-refractivity contribution is 5.27. The standard InChI is InChI=1S/C8H9NO3/c1-11-8-4-2-3-7(5-8)6-12-9-10/h2-5H,6H2,1H3. The Labute approximate surface area is 70.0 Å². The van der Waals surface area contributed by atoms with Crippen LogP contribution >= 0.6 is 0 Å². The highest BCUT2D eigenvalue weighted by atomic mass is 16.7. The maximum atomic E-state index is 9.63. The minimum Gasteiger partial charge on any atom is -0.497 e. The van der Waals surface area contributed by atoms with Gasteiger partial charge >= 0.3 is 0 Å². The van der Waals surface area contributed by atoms with Gasteiger partial charge in [0.25, 0.3) is 0 Å². The van der Waals surface area contributed by atoms with Gasteiger partial charge in [0.2, 0.25) is 0 Å². The van der Waals surface area contributed by atoms with E-state index in [2.05, 4.69) is 10.2 Å². The fourth-order valence-electron chi connectivity index (χ4n) is 0.863. The van der Waals surface area contributed by atoms with Gasteiger partial charge in [0.05, 0.1) is 7.11 Å². The molecular formula is C8H9NO3. The predicted octanol–water partition coefficient (Wildman–Crippen LogP) is 1.89. The number of rotatable bonds is 4. The zero-order valence-electron chi connectivity index (χ0n) is 6.69. The molecule has 1 aromatic rings. The third-order valence-corrected chi connectivity index (χ3v) is 1.42. The van der Waals surface area contributed by atoms with Crippen molar-refractivity contribution < 1.29 is 9.57 Å². The average Bonchev–Trinajstić information content (AvgIpc) is 2.15. The van der Waals surface area contributed by atoms with Gasteiger partial charge in [0.15, 0.2) is 5.34 Å². The van der Waals surface area contributed by atoms with Crippen LogP contribution in [0.5, 0.6) is 5.75 Å². The lowest BCUT2D eigenvalue weighted by Crippen LogP contribution is -1.88. The quantitative estimate of drug-likeness (QED) is 0.508. The molecule has 4 heteroatoms. The van der Waals surface area contributed by atoms with Crippen LogP contribution in [0.4, 0.5) is 0 Å². The maximum absolute atomic E-state index is 9.63. The number of hydrogen-bond donors (Lipinski definition) is 0. The molecule has 0 amide bonds. The van der Waals surface area contributed by atoms with E-state index < -0.39 is 0 Å². The van der Waals surface area contributed by atoms with Crippen LogP contribution in [0.25, 0.3) is 0 Å². The third kappa shape index (κ3) is 2.23. The Morgan fingerprint density at radius 2 is 2.33 bits per heavy atom. The molecule has 0 aliphatic carbocycles. The molecule has 0 aliphatic heterocycles. The lowest BCUT2D eigenvalue weighted by molar-refractivity contribution is 0.125. The zero-order valence-corrected chi connectivity index (χ0v) is 6.69. The number of ether oxygens (including phenoxy) is 1. The first-order valence-electron chi connectivity index (χ1n) is 3.44. The molecule has 1 aromatic carbocycles. The van der Waals surface area contributed by atoms with Gasteiger partial charge in [-0.1, -0.05) is 12.1 Å². The number of hydrogen-bond acceptors (Lipinski definition) is 4. The van der Waals surface area contributed by atoms with Crippen molar-refractivity contribution in [2.24, 2.45) is 5.34 Å². The highest BCUT2D eigenvalue weighted by Crippen LogP contribution is 2.12. The summed E-state index contributed by atoms with van der Waals surface area (Å²) in [5.74, 6) is 0.738. The van der Waals surface area contributed by atoms with Gasteiger partial charge in [0.1, 0.15) is 12.4 Å². The van der Waals surface area contributed by atoms with Crippen molar-refractivity contribution >= 4 is 0 Å². The molecule has 0 unspecified atom stereocenters. The molecule has 0 N–H and O–H groups in total. The Morgan fingerprint density at radius 3 is 3.00 bits per heavy atom. The first-order chi connectivity index (χ1) is 5.86. The van der Waals surface area contributed by atoms with Gasteiger partial charge in [-0.05, 0) is 17.7 Å². The minimum atomic E-state index is 0.181. The van der Waals surface area contributed by atoms with Crippen molar-refractivity contribution in [2.75, 3.05) is 7.11 Å². The first-order valence-corrected chi connectivity index (χ1v) is 3.44. The molecule has 0 heterocycles. The molecule has 12 heavy (non-hydrogen) atoms. The van der Waals surface area contributed by atoms with Crippen molar-refractivity contribution in [1.29, 1.82) is 0 Å². The fourth-order valence-corrected chi connectivity index (χ4v) is 0.863. The second kappa shape index (κ2) is 4.33. The van der Waals surface area contributed by atoms with Crippen LogP contribution in [-0.2, 0) is 11.4 Å². The van der Waals surface area contributed by atoms with E-state index in [1.54, 1.807) is 13.2 Å². The molecule has 0 atom stereocenters. The monoisotopic (exact) mass is 167 g/mol. The van der Waals surface area contributed by atoms with E-state index in [4.69, 9.17) is 4.74 Å². The fraction of sp³-hybridized carbons (Fsp3) is 0.250. The van der Waals surface area contributed by atoms with E-state index in [0.717, 1.165) is 11.3 Å². The summed E-state index contributed by atoms with van der Waals surface area (Å²) >= 11 is 0. The van der Waals surface area contributed by atoms with Crippen LogP contribution in [0.1, 0.15) is 5.56 Å². The van der Waals surface area contributed by atoms with Crippen LogP contribution in [0, 0.1) is 4.91 Å². The Balaban J connectivity index is 2.65. The smallest absolute Gasteiger partial charge is 0.155 e. The van der Waals surface area contributed by atoms with Crippen LogP contribution in [0.2, 0.25) is 0 Å². The summed E-state index contributed by atoms with van der Waals surface area (Å²) in [4.78, 5) is 14.0. The number of nitrogens with zero attached hydrogens (tertiary/aromatic N) is 1. The summed E-state index contributed by atoms with van der Waals surface area (Å²) in [5, 5.41) is 2.30. The molecule has 0 radical (unpaired) electrons. The van der Waals surface area contributed by atoms with Crippen LogP contribution in [0.3, 0.4) is 0 Å². The molecule has 64 valence electrons. The van der Waals surface area contributed by atoms with Gasteiger partial charge in [0, 0.05) is 0 Å². The Bertz CT molecular complexity index is 262. The summed E-state index contributed by atoms with van der Waals surface area (Å²) in [5.41, 5.74) is 0.856. The van der Waals surface area contributed by atoms with E-state index in [9.17, 15) is 4.91 Å². The van der Waals surface area contributed by atoms with E-state index in [0.29, 0.717) is 0 Å². The minimum absolute atomic E-state index is 0.181. The normalized spacial score (nSPS) is 9.08. The second-order valence-electron chi connectivity index (χ2n) is 2.20. The molecule has 0 aromatic heterocycles. The SMILES string of the molecule is COc1cccc(CON=O)c1. The van der Waals surface area contributed by atoms with E-state index >= 15 is 0 Å². The first kappa shape index (κ1) is 8.52. The highest BCUT2D eigenvalue weighted by Gasteiger charge is 1.95. The molecule has 0 spiro atoms. The Morgan fingerprint density at radius 1 is 1.50 bits per heavy atom. The van der Waals surface area contributed by atoms with Crippen molar-refractivity contribution in [2.45, 2.75) is 6.61 Å². The number of methoxy groups -OCH3 is 1. The third-order valence-electron chi connectivity index (χ3n) is 1.42. The van der Waals surface area contributed by atoms with E-state index in [1.165, 1.54) is 0 Å². The Hall–Kier alpha value is -1.58. The zero-order chi connectivity index (χ0) is 8.81. The van der Waals surface area contributed by atoms with Gasteiger partial charge in [-0.2, -0.15) is 0 Å². The summed E-state index contributed by atoms with van der Waals surface area (Å²) in [7, 11) is 1.58. The lowest BCUT2D eigenvalue weighted by Gasteiger charge is -2.01. The molecule has 0 aliphatic rings. The summed E-state index contributed by atoms with van der Waals surface area (Å²) in [6, 6.07) is 7.25. The molecular weight excluding hydrogens is 158 g/mol. The maximum Gasteiger partial charge on any atom is 0.155 e. The van der Waals surface area contributed by atoms with Crippen molar-refractivity contribution in [3.05, 3.63) is 34.7 Å². The summed E-state index contributed by atoms with van der Waals surface area (Å²) < 4.78 is 4.97. The topological polar surface area (TPSA) is 47.9 Å². The van der Waals surface area contributed by atoms with E-state index in [-0.39, 0.29) is 6.61 Å². The second-order valence-corrected chi connectivity index (χ2v) is 2.20. The largest absolute Gasteiger partial charge is 0.497 e. The van der Waals surface area contributed by atoms with Gasteiger partial charge in [-0.15, -0.1) is 4.91 Å². The van der Waals surface area contributed by atoms with Crippen LogP contribution in [0.15, 0.2) is 29.6 Å². The van der Waals surface area contributed by atoms with Crippen molar-refractivity contribution in [3.63, 3.8) is 0 Å². The average molecular weight is 167 g/mol. The lowest BCUT2D eigenvalue weighted by atomic mass is 10.2. The van der Waals surface area contributed by atoms with Crippen LogP contribution < -0.4 is 4.74 Å². The van der Waals surface area contributed by atoms with Gasteiger partial charge < -0.3 is 9.57 Å². The Kier molecular flexibility index (Phi) is 3.07. The predicted molar refractivity (Wildman–Crippen MR) is 43.6 cm³/mol. The van der Waals surface area contributed by atoms with Crippen LogP contribution in [-0.4, -0.2) is 7.11 Å². The van der Waals surface area contributed by atoms with Gasteiger partial charge in [-0.3, -0.25) is 0 Å². The van der Waals surface area contributed by atoms with E-state index in [1.807, 2.05) is 18.2 Å². The number of benzene rings is 1. The van der Waals surface area contributed by atoms with Crippen molar-refractivity contribution in [1.82, 2.24) is 0 Å². The van der Waals surface area contributed by atoms with Gasteiger partial charge in [-0.25, -0.2) is 0 Å². The molecule has 0 fully saturated rings. The molecule has 0 bridgehead atoms. The summed E-state index contributed by atoms with van der Waals surface area (Å²) in [6.45, 7) is 0.181. The van der Waals surface area contributed by atoms with Crippen molar-refractivity contribution in [3.8, 4) is 5.75 Å². The molecule has 0 saturated heterocycles. The molecule has 1 rings (SSSR count). The molecule has 4 nitrogen and oxygen atoms in total. The summed E-state index contributed by atoms with van der Waals surface area (Å²) in [6.07, 6.45) is 0.